The van der Waals surface area contributed by atoms with Crippen LogP contribution in [0.1, 0.15) is 0 Å². The van der Waals surface area contributed by atoms with Crippen LogP contribution in [-0.4, -0.2) is 77.5 Å². The van der Waals surface area contributed by atoms with Gasteiger partial charge in [0.2, 0.25) is 0 Å². The molecule has 0 saturated heterocycles. The topological polar surface area (TPSA) is 156 Å². The molecule has 0 saturated carbocycles. The van der Waals surface area contributed by atoms with Crippen LogP contribution >= 0.6 is 0 Å². The fourth-order valence-electron chi connectivity index (χ4n) is 0.615. The zero-order valence-electron chi connectivity index (χ0n) is 7.89. The predicted molar refractivity (Wildman–Crippen MR) is 49.9 cm³/mol. The fraction of sp³-hybridized carbons (Fsp3) is 0.667. The van der Waals surface area contributed by atoms with E-state index in [0.717, 1.165) is 0 Å². The van der Waals surface area contributed by atoms with Crippen molar-refractivity contribution in [2.75, 3.05) is 0 Å². The van der Waals surface area contributed by atoms with Gasteiger partial charge in [-0.1, -0.05) is 0 Å². The predicted octanol–water partition coefficient (Wildman–Crippen LogP) is -5.03. The zero-order chi connectivity index (χ0) is 12.6. The van der Waals surface area contributed by atoms with E-state index in [2.05, 4.69) is 0 Å². The lowest BCUT2D eigenvalue weighted by Gasteiger charge is -2.21. The van der Waals surface area contributed by atoms with E-state index in [1.54, 1.807) is 0 Å². The maximum atomic E-state index is 10.1. The quantitative estimate of drug-likeness (QED) is 0.207. The Morgan fingerprint density at radius 3 is 1.73 bits per heavy atom. The lowest BCUT2D eigenvalue weighted by atomic mass is 10.0. The van der Waals surface area contributed by atoms with Gasteiger partial charge in [-0.25, -0.2) is 4.79 Å². The van der Waals surface area contributed by atoms with E-state index < -0.39 is 30.4 Å². The fourth-order valence-corrected chi connectivity index (χ4v) is 0.615. The second-order valence-electron chi connectivity index (χ2n) is 2.39. The number of carbonyl (C=O) groups is 2. The second-order valence-corrected chi connectivity index (χ2v) is 2.39. The van der Waals surface area contributed by atoms with E-state index in [9.17, 15) is 9.59 Å². The number of carbonyl (C=O) groups excluding carboxylic acids is 1. The summed E-state index contributed by atoms with van der Waals surface area (Å²) < 4.78 is 0. The summed E-state index contributed by atoms with van der Waals surface area (Å²) in [5, 5.41) is 43.2. The van der Waals surface area contributed by atoms with E-state index >= 15 is 0 Å². The van der Waals surface area contributed by atoms with Gasteiger partial charge in [-0.3, -0.25) is 0 Å². The molecule has 8 nitrogen and oxygen atoms in total. The van der Waals surface area contributed by atoms with Crippen molar-refractivity contribution >= 4 is 22.7 Å². The number of aliphatic hydroxyl groups excluding tert-OH is 4. The average Bonchev–Trinajstić information content (AvgIpc) is 2.27. The molecule has 6 N–H and O–H groups in total. The van der Waals surface area contributed by atoms with Crippen LogP contribution in [0.25, 0.3) is 0 Å². The largest absolute Gasteiger partial charge is 0.479 e. The third-order valence-electron chi connectivity index (χ3n) is 1.42. The molecule has 9 heteroatoms. The molecule has 0 spiro atoms. The van der Waals surface area contributed by atoms with Crippen molar-refractivity contribution in [2.24, 2.45) is 0 Å². The second kappa shape index (κ2) is 8.46. The lowest BCUT2D eigenvalue weighted by molar-refractivity contribution is -0.163. The summed E-state index contributed by atoms with van der Waals surface area (Å²) in [5.41, 5.74) is 0. The molecule has 0 fully saturated rings. The summed E-state index contributed by atoms with van der Waals surface area (Å²) in [6, 6.07) is 0. The SMILES string of the molecule is O=C[C@@H](O)[C@@H](O)[C@H](O)[C@H](O)C(=O)O.O[SiH3]. The van der Waals surface area contributed by atoms with Crippen LogP contribution in [0.4, 0.5) is 0 Å². The van der Waals surface area contributed by atoms with Gasteiger partial charge in [0.05, 0.1) is 0 Å². The highest BCUT2D eigenvalue weighted by Crippen LogP contribution is 2.03. The van der Waals surface area contributed by atoms with Gasteiger partial charge in [0.1, 0.15) is 28.8 Å². The van der Waals surface area contributed by atoms with Gasteiger partial charge < -0.3 is 35.1 Å². The lowest BCUT2D eigenvalue weighted by Crippen LogP contribution is -2.48. The molecule has 15 heavy (non-hydrogen) atoms. The maximum absolute atomic E-state index is 10.1. The molecular formula is C6H14O8Si. The van der Waals surface area contributed by atoms with Crippen molar-refractivity contribution in [3.63, 3.8) is 0 Å². The highest BCUT2D eigenvalue weighted by Gasteiger charge is 2.33. The van der Waals surface area contributed by atoms with Crippen LogP contribution in [0.3, 0.4) is 0 Å². The van der Waals surface area contributed by atoms with E-state index in [0.29, 0.717) is 10.5 Å². The minimum Gasteiger partial charge on any atom is -0.479 e. The highest BCUT2D eigenvalue weighted by molar-refractivity contribution is 5.95. The molecule has 0 amide bonds. The molecule has 0 aromatic rings. The van der Waals surface area contributed by atoms with Gasteiger partial charge in [0.15, 0.2) is 12.4 Å². The Morgan fingerprint density at radius 2 is 1.47 bits per heavy atom. The minimum atomic E-state index is -2.25. The monoisotopic (exact) mass is 242 g/mol. The highest BCUT2D eigenvalue weighted by atomic mass is 28.2. The first-order valence-corrected chi connectivity index (χ1v) is 4.66. The number of carboxylic acid groups (broad SMARTS) is 1. The molecule has 0 unspecified atom stereocenters. The van der Waals surface area contributed by atoms with Crippen LogP contribution in [0.15, 0.2) is 0 Å². The molecule has 0 radical (unpaired) electrons. The summed E-state index contributed by atoms with van der Waals surface area (Å²) in [6.45, 7) is 0. The van der Waals surface area contributed by atoms with Crippen molar-refractivity contribution in [1.82, 2.24) is 0 Å². The number of hydrogen-bond donors (Lipinski definition) is 6. The van der Waals surface area contributed by atoms with Crippen molar-refractivity contribution in [3.05, 3.63) is 0 Å². The Bertz CT molecular complexity index is 198. The number of aliphatic hydroxyl groups is 4. The van der Waals surface area contributed by atoms with Crippen LogP contribution in [-0.2, 0) is 9.59 Å². The Morgan fingerprint density at radius 1 is 1.07 bits per heavy atom. The first kappa shape index (κ1) is 16.6. The molecule has 0 aliphatic carbocycles. The molecule has 0 aromatic carbocycles. The third kappa shape index (κ3) is 5.56. The average molecular weight is 242 g/mol. The molecule has 4 atom stereocenters. The summed E-state index contributed by atoms with van der Waals surface area (Å²) >= 11 is 0. The van der Waals surface area contributed by atoms with Crippen molar-refractivity contribution in [1.29, 1.82) is 0 Å². The first-order valence-electron chi connectivity index (χ1n) is 3.77. The molecule has 0 bridgehead atoms. The van der Waals surface area contributed by atoms with E-state index in [-0.39, 0.29) is 6.29 Å². The molecule has 0 aromatic heterocycles. The number of rotatable bonds is 5. The summed E-state index contributed by atoms with van der Waals surface area (Å²) in [6.07, 6.45) is -8.39. The van der Waals surface area contributed by atoms with Gasteiger partial charge in [-0.05, 0) is 0 Å². The van der Waals surface area contributed by atoms with Crippen LogP contribution in [0.5, 0.6) is 0 Å². The van der Waals surface area contributed by atoms with Gasteiger partial charge in [0.25, 0.3) is 0 Å². The zero-order valence-corrected chi connectivity index (χ0v) is 9.89. The Kier molecular flexibility index (Phi) is 9.36. The molecule has 0 rings (SSSR count). The van der Waals surface area contributed by atoms with Gasteiger partial charge in [-0.15, -0.1) is 0 Å². The van der Waals surface area contributed by atoms with Crippen LogP contribution < -0.4 is 0 Å². The summed E-state index contributed by atoms with van der Waals surface area (Å²) in [5.74, 6) is -1.76. The minimum absolute atomic E-state index is 0.0809. The van der Waals surface area contributed by atoms with E-state index in [1.807, 2.05) is 0 Å². The Balaban J connectivity index is 0. The molecule has 90 valence electrons. The molecule has 0 heterocycles. The number of aliphatic carboxylic acids is 1. The van der Waals surface area contributed by atoms with Crippen molar-refractivity contribution in [2.45, 2.75) is 24.4 Å². The maximum Gasteiger partial charge on any atom is 0.335 e. The normalized spacial score (nSPS) is 17.9. The standard InChI is InChI=1S/C6H10O7.H4OSi/c7-1-2(8)3(9)4(10)5(11)6(12)13;1-2/h1-5,8-11H,(H,12,13);1H,2H3/t2-,3-,4+,5+;/m1./s1. The van der Waals surface area contributed by atoms with Gasteiger partial charge in [-0.2, -0.15) is 0 Å². The number of carboxylic acids is 1. The van der Waals surface area contributed by atoms with Gasteiger partial charge in [0, 0.05) is 0 Å². The molecule has 0 aliphatic heterocycles. The third-order valence-corrected chi connectivity index (χ3v) is 1.42. The number of aldehydes is 1. The van der Waals surface area contributed by atoms with Crippen molar-refractivity contribution in [3.8, 4) is 0 Å². The number of hydrogen-bond acceptors (Lipinski definition) is 7. The van der Waals surface area contributed by atoms with Crippen molar-refractivity contribution < 1.29 is 39.9 Å². The summed E-state index contributed by atoms with van der Waals surface area (Å²) in [7, 11) is 0.306. The Hall–Kier alpha value is -0.843. The summed E-state index contributed by atoms with van der Waals surface area (Å²) in [4.78, 5) is 27.1. The molecule has 0 aliphatic rings. The van der Waals surface area contributed by atoms with E-state index in [4.69, 9.17) is 30.3 Å². The van der Waals surface area contributed by atoms with Gasteiger partial charge >= 0.3 is 5.97 Å². The smallest absolute Gasteiger partial charge is 0.335 e. The van der Waals surface area contributed by atoms with Crippen LogP contribution in [0.2, 0.25) is 0 Å². The van der Waals surface area contributed by atoms with E-state index in [1.165, 1.54) is 0 Å². The molecular weight excluding hydrogens is 228 g/mol. The Labute approximate surface area is 88.0 Å². The first-order chi connectivity index (χ1) is 6.91. The van der Waals surface area contributed by atoms with Crippen LogP contribution in [0, 0.1) is 0 Å².